The van der Waals surface area contributed by atoms with E-state index in [1.807, 2.05) is 13.8 Å². The van der Waals surface area contributed by atoms with Gasteiger partial charge < -0.3 is 33.7 Å². The molecule has 290 valence electrons. The Bertz CT molecular complexity index is 1380. The third-order valence-electron chi connectivity index (χ3n) is 14.4. The van der Waals surface area contributed by atoms with Crippen LogP contribution in [0, 0.1) is 47.3 Å². The summed E-state index contributed by atoms with van der Waals surface area (Å²) in [5.74, 6) is -8.16. The Morgan fingerprint density at radius 2 is 1.22 bits per heavy atom. The number of carbonyl (C=O) groups excluding carboxylic acids is 1. The fourth-order valence-electron chi connectivity index (χ4n) is 11.4. The summed E-state index contributed by atoms with van der Waals surface area (Å²) in [6.07, 6.45) is -1.19. The van der Waals surface area contributed by atoms with Crippen molar-refractivity contribution in [3.8, 4) is 0 Å². The standard InChI is InChI=1S/C36H54F3NO11/c1-19-8-10-25-21(3)32(7,46-28-33(25)23(19)12-14-30(5,44-28)48-50-33)43-18-27(41)40-16-17-42-35(36(37,38)39)22(4)26-11-9-20(2)24-13-15-31(6)45-29(47-35)34(24,26)51-49-31/h19-26,28-29H,8-18H2,1-7H3,(H,40,41)/t19-,20-,21-,22-,23+,24+,25+,26+,28+,29+,30-,31-,32+,33-,34-,35-/m1/s1. The lowest BCUT2D eigenvalue weighted by atomic mass is 9.57. The van der Waals surface area contributed by atoms with E-state index in [4.69, 9.17) is 48.0 Å². The zero-order chi connectivity index (χ0) is 36.4. The fraction of sp³-hybridized carbons (Fsp3) is 0.972. The van der Waals surface area contributed by atoms with Crippen molar-refractivity contribution in [2.45, 2.75) is 153 Å². The lowest BCUT2D eigenvalue weighted by Crippen LogP contribution is -2.76. The molecule has 8 heterocycles. The normalized spacial score (nSPS) is 54.5. The minimum absolute atomic E-state index is 0.00778. The molecule has 10 aliphatic rings. The van der Waals surface area contributed by atoms with Gasteiger partial charge >= 0.3 is 6.18 Å². The van der Waals surface area contributed by atoms with E-state index in [-0.39, 0.29) is 42.7 Å². The molecule has 2 spiro atoms. The molecule has 10 rings (SSSR count). The molecule has 51 heavy (non-hydrogen) atoms. The molecule has 0 aromatic heterocycles. The van der Waals surface area contributed by atoms with Gasteiger partial charge in [0.15, 0.2) is 29.6 Å². The maximum absolute atomic E-state index is 15.1. The van der Waals surface area contributed by atoms with Crippen LogP contribution in [-0.4, -0.2) is 78.8 Å². The van der Waals surface area contributed by atoms with E-state index in [0.29, 0.717) is 31.6 Å². The summed E-state index contributed by atoms with van der Waals surface area (Å²) >= 11 is 0. The van der Waals surface area contributed by atoms with E-state index in [0.717, 1.165) is 25.7 Å². The molecule has 1 amide bonds. The maximum Gasteiger partial charge on any atom is 0.443 e. The first-order valence-corrected chi connectivity index (χ1v) is 19.0. The largest absolute Gasteiger partial charge is 0.443 e. The molecule has 10 fully saturated rings. The highest BCUT2D eigenvalue weighted by Gasteiger charge is 2.77. The Kier molecular flexibility index (Phi) is 8.79. The Morgan fingerprint density at radius 1 is 0.686 bits per heavy atom. The van der Waals surface area contributed by atoms with Gasteiger partial charge in [-0.1, -0.05) is 27.7 Å². The first kappa shape index (κ1) is 36.8. The van der Waals surface area contributed by atoms with Crippen LogP contribution in [0.5, 0.6) is 0 Å². The second-order valence-corrected chi connectivity index (χ2v) is 17.3. The van der Waals surface area contributed by atoms with E-state index >= 15 is 13.2 Å². The van der Waals surface area contributed by atoms with Crippen molar-refractivity contribution in [1.82, 2.24) is 5.32 Å². The van der Waals surface area contributed by atoms with Gasteiger partial charge in [-0.25, -0.2) is 19.6 Å². The van der Waals surface area contributed by atoms with E-state index in [2.05, 4.69) is 19.2 Å². The lowest BCUT2D eigenvalue weighted by molar-refractivity contribution is -0.598. The first-order chi connectivity index (χ1) is 23.9. The minimum atomic E-state index is -4.90. The summed E-state index contributed by atoms with van der Waals surface area (Å²) in [5.41, 5.74) is -1.96. The molecule has 0 aromatic rings. The van der Waals surface area contributed by atoms with Crippen LogP contribution in [0.2, 0.25) is 0 Å². The second-order valence-electron chi connectivity index (χ2n) is 17.3. The smallest absolute Gasteiger partial charge is 0.352 e. The molecule has 15 heteroatoms. The molecule has 0 radical (unpaired) electrons. The molecule has 1 N–H and O–H groups in total. The highest BCUT2D eigenvalue weighted by Crippen LogP contribution is 2.65. The van der Waals surface area contributed by atoms with E-state index in [1.165, 1.54) is 6.92 Å². The van der Waals surface area contributed by atoms with Crippen LogP contribution in [0.15, 0.2) is 0 Å². The van der Waals surface area contributed by atoms with Gasteiger partial charge in [-0.05, 0) is 83.0 Å². The number of hydrogen-bond acceptors (Lipinski definition) is 11. The molecule has 0 unspecified atom stereocenters. The molecular formula is C36H54F3NO11. The number of rotatable bonds is 7. The number of nitrogens with one attached hydrogen (secondary N) is 1. The highest BCUT2D eigenvalue weighted by atomic mass is 19.4. The van der Waals surface area contributed by atoms with Crippen molar-refractivity contribution in [1.29, 1.82) is 0 Å². The van der Waals surface area contributed by atoms with Crippen LogP contribution in [-0.2, 0) is 52.8 Å². The van der Waals surface area contributed by atoms with Crippen LogP contribution in [0.4, 0.5) is 13.2 Å². The molecule has 4 bridgehead atoms. The molecule has 8 saturated heterocycles. The van der Waals surface area contributed by atoms with Gasteiger partial charge in [0.2, 0.25) is 17.5 Å². The van der Waals surface area contributed by atoms with E-state index in [1.54, 1.807) is 13.8 Å². The van der Waals surface area contributed by atoms with Crippen LogP contribution >= 0.6 is 0 Å². The zero-order valence-corrected chi connectivity index (χ0v) is 30.7. The van der Waals surface area contributed by atoms with Gasteiger partial charge in [0.05, 0.1) is 6.61 Å². The van der Waals surface area contributed by atoms with Crippen LogP contribution < -0.4 is 5.32 Å². The van der Waals surface area contributed by atoms with E-state index in [9.17, 15) is 4.79 Å². The second kappa shape index (κ2) is 12.2. The van der Waals surface area contributed by atoms with Gasteiger partial charge in [0.25, 0.3) is 5.79 Å². The van der Waals surface area contributed by atoms with Gasteiger partial charge in [0.1, 0.15) is 6.61 Å². The van der Waals surface area contributed by atoms with Gasteiger partial charge in [0, 0.05) is 43.1 Å². The fourth-order valence-corrected chi connectivity index (χ4v) is 11.4. The van der Waals surface area contributed by atoms with Gasteiger partial charge in [-0.3, -0.25) is 4.79 Å². The first-order valence-electron chi connectivity index (χ1n) is 19.0. The van der Waals surface area contributed by atoms with Crippen molar-refractivity contribution in [2.75, 3.05) is 19.8 Å². The number of carbonyl (C=O) groups is 1. The molecule has 12 nitrogen and oxygen atoms in total. The summed E-state index contributed by atoms with van der Waals surface area (Å²) < 4.78 is 82.4. The topological polar surface area (TPSA) is 121 Å². The van der Waals surface area contributed by atoms with Crippen molar-refractivity contribution < 1.29 is 65.9 Å². The summed E-state index contributed by atoms with van der Waals surface area (Å²) in [5, 5.41) is 2.65. The molecule has 2 saturated carbocycles. The SMILES string of the molecule is C[C@@H]1CC[C@H]2[C@@H](C)[C@@](C)(OCC(=O)NCCO[C@@]3(C(F)(F)F)O[C@@H]4O[C@@]5(C)CC[C@H]6[C@H](C)CC[C@@H]([C@H]3C)[C@@]46OO5)O[C@@H]3O[C@@]4(C)CC[C@@H]1[C@]32OO4. The Labute approximate surface area is 297 Å². The Hall–Kier alpha value is -1.14. The minimum Gasteiger partial charge on any atom is -0.352 e. The summed E-state index contributed by atoms with van der Waals surface area (Å²) in [7, 11) is 0. The Morgan fingerprint density at radius 3 is 1.76 bits per heavy atom. The lowest BCUT2D eigenvalue weighted by Gasteiger charge is -2.62. The average Bonchev–Trinajstić information content (AvgIpc) is 3.44. The predicted octanol–water partition coefficient (Wildman–Crippen LogP) is 5.87. The number of fused-ring (bicyclic) bond motifs is 4. The highest BCUT2D eigenvalue weighted by molar-refractivity contribution is 5.77. The number of alkyl halides is 3. The molecule has 8 aliphatic heterocycles. The maximum atomic E-state index is 15.1. The number of halogens is 3. The molecule has 2 aliphatic carbocycles. The molecule has 16 atom stereocenters. The molecular weight excluding hydrogens is 679 g/mol. The summed E-state index contributed by atoms with van der Waals surface area (Å²) in [6.45, 7) is 12.1. The quantitative estimate of drug-likeness (QED) is 0.250. The number of amides is 1. The van der Waals surface area contributed by atoms with E-state index < -0.39 is 77.5 Å². The predicted molar refractivity (Wildman–Crippen MR) is 168 cm³/mol. The third-order valence-corrected chi connectivity index (χ3v) is 14.4. The summed E-state index contributed by atoms with van der Waals surface area (Å²) in [4.78, 5) is 36.9. The zero-order valence-electron chi connectivity index (χ0n) is 30.7. The average molecular weight is 734 g/mol. The number of hydrogen-bond donors (Lipinski definition) is 1. The monoisotopic (exact) mass is 733 g/mol. The third kappa shape index (κ3) is 5.33. The van der Waals surface area contributed by atoms with Crippen molar-refractivity contribution in [3.63, 3.8) is 0 Å². The number of ether oxygens (including phenoxy) is 6. The van der Waals surface area contributed by atoms with Crippen molar-refractivity contribution in [2.24, 2.45) is 47.3 Å². The molecule has 0 aromatic carbocycles. The Balaban J connectivity index is 0.922. The van der Waals surface area contributed by atoms with Crippen LogP contribution in [0.1, 0.15) is 99.8 Å². The van der Waals surface area contributed by atoms with Crippen molar-refractivity contribution in [3.05, 3.63) is 0 Å². The summed E-state index contributed by atoms with van der Waals surface area (Å²) in [6, 6.07) is 0. The van der Waals surface area contributed by atoms with Crippen LogP contribution in [0.25, 0.3) is 0 Å². The van der Waals surface area contributed by atoms with Crippen molar-refractivity contribution >= 4 is 5.91 Å². The van der Waals surface area contributed by atoms with Gasteiger partial charge in [-0.15, -0.1) is 0 Å². The van der Waals surface area contributed by atoms with Gasteiger partial charge in [-0.2, -0.15) is 13.2 Å². The van der Waals surface area contributed by atoms with Crippen LogP contribution in [0.3, 0.4) is 0 Å².